The maximum Gasteiger partial charge on any atom is 0.338 e. The van der Waals surface area contributed by atoms with Crippen LogP contribution in [0.3, 0.4) is 0 Å². The van der Waals surface area contributed by atoms with Crippen LogP contribution in [0.5, 0.6) is 0 Å². The minimum Gasteiger partial charge on any atom is -0.465 e. The number of esters is 2. The summed E-state index contributed by atoms with van der Waals surface area (Å²) in [5, 5.41) is 11.7. The van der Waals surface area contributed by atoms with Gasteiger partial charge in [-0.25, -0.2) is 9.59 Å². The summed E-state index contributed by atoms with van der Waals surface area (Å²) in [7, 11) is 2.61. The van der Waals surface area contributed by atoms with Gasteiger partial charge >= 0.3 is 11.9 Å². The van der Waals surface area contributed by atoms with Crippen LogP contribution in [0.25, 0.3) is 11.3 Å². The molecule has 0 fully saturated rings. The minimum absolute atomic E-state index is 0.118. The average Bonchev–Trinajstić information content (AvgIpc) is 3.30. The smallest absolute Gasteiger partial charge is 0.338 e. The van der Waals surface area contributed by atoms with Crippen molar-refractivity contribution in [3.8, 4) is 11.3 Å². The van der Waals surface area contributed by atoms with Crippen molar-refractivity contribution in [2.45, 2.75) is 6.54 Å². The van der Waals surface area contributed by atoms with Gasteiger partial charge in [-0.3, -0.25) is 14.9 Å². The zero-order chi connectivity index (χ0) is 24.8. The van der Waals surface area contributed by atoms with Crippen molar-refractivity contribution in [2.24, 2.45) is 0 Å². The highest BCUT2D eigenvalue weighted by atomic mass is 35.5. The Hall–Kier alpha value is -4.18. The molecule has 0 aliphatic carbocycles. The van der Waals surface area contributed by atoms with E-state index in [1.165, 1.54) is 11.9 Å². The summed E-state index contributed by atoms with van der Waals surface area (Å²) < 4.78 is 15.3. The predicted octanol–water partition coefficient (Wildman–Crippen LogP) is 4.11. The third-order valence-electron chi connectivity index (χ3n) is 4.72. The Kier molecular flexibility index (Phi) is 7.64. The Labute approximate surface area is 198 Å². The number of carbonyl (C=O) groups excluding carboxylic acids is 3. The number of nitro groups is 1. The molecule has 176 valence electrons. The van der Waals surface area contributed by atoms with Crippen LogP contribution in [0.15, 0.2) is 59.0 Å². The van der Waals surface area contributed by atoms with Gasteiger partial charge in [0, 0.05) is 29.8 Å². The fourth-order valence-corrected chi connectivity index (χ4v) is 3.07. The summed E-state index contributed by atoms with van der Waals surface area (Å²) >= 11 is 5.89. The second kappa shape index (κ2) is 10.6. The standard InChI is InChI=1S/C23H19ClN2O8/c1-25(12-19-7-8-20(34-19)14-3-5-17(24)6-4-14)21(27)13-33-23(29)16-9-15(22(28)32-2)10-18(11-16)26(30)31/h3-11H,12-13H2,1-2H3. The van der Waals surface area contributed by atoms with E-state index in [0.717, 1.165) is 30.9 Å². The van der Waals surface area contributed by atoms with Crippen LogP contribution in [0, 0.1) is 10.1 Å². The van der Waals surface area contributed by atoms with Crippen molar-refractivity contribution < 1.29 is 33.2 Å². The molecular formula is C23H19ClN2O8. The summed E-state index contributed by atoms with van der Waals surface area (Å²) in [4.78, 5) is 48.1. The van der Waals surface area contributed by atoms with Gasteiger partial charge in [0.15, 0.2) is 6.61 Å². The highest BCUT2D eigenvalue weighted by Gasteiger charge is 2.21. The summed E-state index contributed by atoms with van der Waals surface area (Å²) in [6.45, 7) is -0.496. The van der Waals surface area contributed by atoms with Crippen molar-refractivity contribution >= 4 is 35.1 Å². The number of nitrogens with zero attached hydrogens (tertiary/aromatic N) is 2. The number of hydrogen-bond donors (Lipinski definition) is 0. The minimum atomic E-state index is -1.00. The third-order valence-corrected chi connectivity index (χ3v) is 4.97. The van der Waals surface area contributed by atoms with E-state index in [-0.39, 0.29) is 17.7 Å². The van der Waals surface area contributed by atoms with Crippen molar-refractivity contribution in [3.63, 3.8) is 0 Å². The fraction of sp³-hybridized carbons (Fsp3) is 0.174. The molecule has 3 aromatic rings. The first-order chi connectivity index (χ1) is 16.2. The number of amides is 1. The van der Waals surface area contributed by atoms with Gasteiger partial charge < -0.3 is 18.8 Å². The number of hydrogen-bond acceptors (Lipinski definition) is 8. The fourth-order valence-electron chi connectivity index (χ4n) is 2.95. The number of nitro benzene ring substituents is 1. The van der Waals surface area contributed by atoms with E-state index < -0.39 is 35.1 Å². The van der Waals surface area contributed by atoms with E-state index in [1.807, 2.05) is 0 Å². The van der Waals surface area contributed by atoms with Gasteiger partial charge in [-0.05, 0) is 42.5 Å². The Bertz CT molecular complexity index is 1240. The molecule has 0 unspecified atom stereocenters. The Balaban J connectivity index is 1.61. The van der Waals surface area contributed by atoms with Gasteiger partial charge in [0.25, 0.3) is 11.6 Å². The Morgan fingerprint density at radius 1 is 1.03 bits per heavy atom. The number of likely N-dealkylation sites (N-methyl/N-ethyl adjacent to an activating group) is 1. The lowest BCUT2D eigenvalue weighted by Gasteiger charge is -2.15. The molecule has 1 amide bonds. The van der Waals surface area contributed by atoms with Crippen LogP contribution in [-0.2, 0) is 20.8 Å². The number of halogens is 1. The number of rotatable bonds is 8. The van der Waals surface area contributed by atoms with E-state index >= 15 is 0 Å². The van der Waals surface area contributed by atoms with Crippen LogP contribution in [0.1, 0.15) is 26.5 Å². The normalized spacial score (nSPS) is 10.4. The molecule has 0 aliphatic rings. The molecule has 0 radical (unpaired) electrons. The van der Waals surface area contributed by atoms with Gasteiger partial charge in [-0.1, -0.05) is 11.6 Å². The van der Waals surface area contributed by atoms with Gasteiger partial charge in [-0.15, -0.1) is 0 Å². The van der Waals surface area contributed by atoms with E-state index in [4.69, 9.17) is 20.8 Å². The predicted molar refractivity (Wildman–Crippen MR) is 120 cm³/mol. The van der Waals surface area contributed by atoms with Crippen LogP contribution in [0.4, 0.5) is 5.69 Å². The van der Waals surface area contributed by atoms with Crippen LogP contribution in [-0.4, -0.2) is 48.4 Å². The van der Waals surface area contributed by atoms with E-state index in [0.29, 0.717) is 16.5 Å². The molecule has 0 saturated heterocycles. The second-order valence-electron chi connectivity index (χ2n) is 7.12. The lowest BCUT2D eigenvalue weighted by molar-refractivity contribution is -0.384. The molecule has 11 heteroatoms. The van der Waals surface area contributed by atoms with Crippen LogP contribution in [0.2, 0.25) is 5.02 Å². The van der Waals surface area contributed by atoms with E-state index in [2.05, 4.69) is 4.74 Å². The maximum absolute atomic E-state index is 12.4. The van der Waals surface area contributed by atoms with Crippen molar-refractivity contribution in [1.82, 2.24) is 4.90 Å². The summed E-state index contributed by atoms with van der Waals surface area (Å²) in [6.07, 6.45) is 0. The maximum atomic E-state index is 12.4. The zero-order valence-electron chi connectivity index (χ0n) is 18.1. The topological polar surface area (TPSA) is 129 Å². The monoisotopic (exact) mass is 486 g/mol. The van der Waals surface area contributed by atoms with Crippen molar-refractivity contribution in [2.75, 3.05) is 20.8 Å². The molecule has 10 nitrogen and oxygen atoms in total. The third kappa shape index (κ3) is 5.99. The number of non-ortho nitro benzene ring substituents is 1. The number of furan rings is 1. The number of methoxy groups -OCH3 is 1. The average molecular weight is 487 g/mol. The highest BCUT2D eigenvalue weighted by Crippen LogP contribution is 2.24. The van der Waals surface area contributed by atoms with Gasteiger partial charge in [0.2, 0.25) is 0 Å². The molecule has 0 N–H and O–H groups in total. The molecule has 1 aromatic heterocycles. The number of ether oxygens (including phenoxy) is 2. The SMILES string of the molecule is COC(=O)c1cc(C(=O)OCC(=O)N(C)Cc2ccc(-c3ccc(Cl)cc3)o2)cc([N+](=O)[O-])c1. The molecule has 2 aromatic carbocycles. The Morgan fingerprint density at radius 2 is 1.68 bits per heavy atom. The first-order valence-corrected chi connectivity index (χ1v) is 10.2. The lowest BCUT2D eigenvalue weighted by Crippen LogP contribution is -2.30. The number of carbonyl (C=O) groups is 3. The second-order valence-corrected chi connectivity index (χ2v) is 7.55. The molecule has 0 saturated carbocycles. The van der Waals surface area contributed by atoms with Crippen LogP contribution < -0.4 is 0 Å². The molecule has 1 heterocycles. The summed E-state index contributed by atoms with van der Waals surface area (Å²) in [6, 6.07) is 13.6. The van der Waals surface area contributed by atoms with Crippen molar-refractivity contribution in [3.05, 3.63) is 86.6 Å². The van der Waals surface area contributed by atoms with Gasteiger partial charge in [0.05, 0.1) is 29.7 Å². The van der Waals surface area contributed by atoms with E-state index in [9.17, 15) is 24.5 Å². The summed E-state index contributed by atoms with van der Waals surface area (Å²) in [5.74, 6) is -1.28. The van der Waals surface area contributed by atoms with E-state index in [1.54, 1.807) is 36.4 Å². The largest absolute Gasteiger partial charge is 0.465 e. The zero-order valence-corrected chi connectivity index (χ0v) is 18.9. The molecule has 0 spiro atoms. The van der Waals surface area contributed by atoms with Crippen LogP contribution >= 0.6 is 11.6 Å². The molecule has 0 bridgehead atoms. The van der Waals surface area contributed by atoms with Gasteiger partial charge in [-0.2, -0.15) is 0 Å². The molecule has 3 rings (SSSR count). The van der Waals surface area contributed by atoms with Crippen molar-refractivity contribution in [1.29, 1.82) is 0 Å². The molecular weight excluding hydrogens is 468 g/mol. The molecule has 0 aliphatic heterocycles. The molecule has 0 atom stereocenters. The lowest BCUT2D eigenvalue weighted by atomic mass is 10.1. The quantitative estimate of drug-likeness (QED) is 0.264. The number of benzene rings is 2. The summed E-state index contributed by atoms with van der Waals surface area (Å²) in [5.41, 5.74) is -0.125. The first kappa shape index (κ1) is 24.5. The molecule has 34 heavy (non-hydrogen) atoms. The van der Waals surface area contributed by atoms with Gasteiger partial charge in [0.1, 0.15) is 11.5 Å². The Morgan fingerprint density at radius 3 is 2.29 bits per heavy atom. The first-order valence-electron chi connectivity index (χ1n) is 9.81. The highest BCUT2D eigenvalue weighted by molar-refractivity contribution is 6.30.